The van der Waals surface area contributed by atoms with Crippen LogP contribution in [0.5, 0.6) is 0 Å². The van der Waals surface area contributed by atoms with Crippen molar-refractivity contribution in [3.8, 4) is 0 Å². The maximum absolute atomic E-state index is 2.51. The zero-order valence-corrected chi connectivity index (χ0v) is 9.27. The number of hydrogen-bond acceptors (Lipinski definition) is 1. The molecule has 12 heavy (non-hydrogen) atoms. The Kier molecular flexibility index (Phi) is 7.58. The van der Waals surface area contributed by atoms with E-state index in [1.807, 2.05) is 0 Å². The first-order chi connectivity index (χ1) is 5.74. The van der Waals surface area contributed by atoms with Crippen molar-refractivity contribution in [2.75, 3.05) is 19.6 Å². The van der Waals surface area contributed by atoms with E-state index in [4.69, 9.17) is 0 Å². The van der Waals surface area contributed by atoms with E-state index in [2.05, 4.69) is 32.6 Å². The van der Waals surface area contributed by atoms with Crippen LogP contribution >= 0.6 is 0 Å². The van der Waals surface area contributed by atoms with Crippen molar-refractivity contribution in [2.24, 2.45) is 5.92 Å². The molecule has 0 aromatic rings. The van der Waals surface area contributed by atoms with E-state index < -0.39 is 0 Å². The molecule has 0 spiro atoms. The van der Waals surface area contributed by atoms with Crippen LogP contribution in [0, 0.1) is 5.92 Å². The van der Waals surface area contributed by atoms with Crippen LogP contribution in [0.3, 0.4) is 0 Å². The molecule has 0 N–H and O–H groups in total. The van der Waals surface area contributed by atoms with Gasteiger partial charge in [-0.1, -0.05) is 40.5 Å². The smallest absolute Gasteiger partial charge is 0.000679 e. The molecular weight excluding hydrogens is 146 g/mol. The molecule has 0 aliphatic carbocycles. The highest BCUT2D eigenvalue weighted by Gasteiger charge is 2.05. The molecule has 1 nitrogen and oxygen atoms in total. The Morgan fingerprint density at radius 2 is 1.67 bits per heavy atom. The Labute approximate surface area is 78.1 Å². The van der Waals surface area contributed by atoms with Gasteiger partial charge in [0.15, 0.2) is 0 Å². The van der Waals surface area contributed by atoms with Gasteiger partial charge in [-0.05, 0) is 25.4 Å². The van der Waals surface area contributed by atoms with E-state index >= 15 is 0 Å². The molecule has 0 heterocycles. The second-order valence-electron chi connectivity index (χ2n) is 3.73. The summed E-state index contributed by atoms with van der Waals surface area (Å²) in [5.74, 6) is 0.879. The van der Waals surface area contributed by atoms with E-state index in [1.165, 1.54) is 38.9 Å². The average molecular weight is 171 g/mol. The van der Waals surface area contributed by atoms with Gasteiger partial charge in [-0.15, -0.1) is 0 Å². The van der Waals surface area contributed by atoms with Gasteiger partial charge in [-0.3, -0.25) is 0 Å². The van der Waals surface area contributed by atoms with Crippen LogP contribution in [0.2, 0.25) is 0 Å². The molecule has 0 unspecified atom stereocenters. The molecule has 0 aromatic heterocycles. The molecule has 0 rings (SSSR count). The lowest BCUT2D eigenvalue weighted by molar-refractivity contribution is 0.252. The third-order valence-electron chi connectivity index (χ3n) is 2.51. The van der Waals surface area contributed by atoms with Crippen molar-refractivity contribution in [1.82, 2.24) is 4.90 Å². The maximum atomic E-state index is 2.51. The number of unbranched alkanes of at least 4 members (excludes halogenated alkanes) is 1. The van der Waals surface area contributed by atoms with Gasteiger partial charge >= 0.3 is 0 Å². The molecule has 0 saturated heterocycles. The topological polar surface area (TPSA) is 3.24 Å². The van der Waals surface area contributed by atoms with Gasteiger partial charge in [0.05, 0.1) is 0 Å². The highest BCUT2D eigenvalue weighted by Crippen LogP contribution is 2.09. The summed E-state index contributed by atoms with van der Waals surface area (Å²) in [6, 6.07) is 0. The summed E-state index contributed by atoms with van der Waals surface area (Å²) in [5, 5.41) is 0. The first-order valence-electron chi connectivity index (χ1n) is 5.46. The fourth-order valence-electron chi connectivity index (χ4n) is 1.57. The Hall–Kier alpha value is -0.0400. The van der Waals surface area contributed by atoms with Gasteiger partial charge < -0.3 is 4.90 Å². The van der Waals surface area contributed by atoms with Gasteiger partial charge in [0.2, 0.25) is 0 Å². The maximum Gasteiger partial charge on any atom is 0.000679 e. The Morgan fingerprint density at radius 1 is 1.08 bits per heavy atom. The molecule has 0 fully saturated rings. The molecule has 0 saturated carbocycles. The molecule has 0 aliphatic rings. The van der Waals surface area contributed by atoms with E-state index in [9.17, 15) is 0 Å². The molecule has 1 atom stereocenters. The lowest BCUT2D eigenvalue weighted by atomic mass is 10.0. The third-order valence-corrected chi connectivity index (χ3v) is 2.51. The van der Waals surface area contributed by atoms with Crippen LogP contribution in [0.1, 0.15) is 47.0 Å². The Balaban J connectivity index is 3.44. The number of nitrogens with zero attached hydrogens (tertiary/aromatic N) is 1. The second-order valence-corrected chi connectivity index (χ2v) is 3.73. The average Bonchev–Trinajstić information content (AvgIpc) is 2.10. The van der Waals surface area contributed by atoms with Crippen LogP contribution in [0.15, 0.2) is 0 Å². The monoisotopic (exact) mass is 171 g/mol. The first-order valence-corrected chi connectivity index (χ1v) is 5.46. The van der Waals surface area contributed by atoms with Gasteiger partial charge in [-0.25, -0.2) is 0 Å². The molecule has 1 heteroatoms. The zero-order chi connectivity index (χ0) is 9.40. The minimum atomic E-state index is 0.879. The predicted molar refractivity (Wildman–Crippen MR) is 56.5 cm³/mol. The molecule has 0 amide bonds. The summed E-state index contributed by atoms with van der Waals surface area (Å²) in [6.45, 7) is 12.8. The minimum Gasteiger partial charge on any atom is -0.304 e. The summed E-state index contributed by atoms with van der Waals surface area (Å²) in [6.07, 6.45) is 4.12. The van der Waals surface area contributed by atoms with Gasteiger partial charge in [0.1, 0.15) is 0 Å². The van der Waals surface area contributed by atoms with Crippen LogP contribution in [0.25, 0.3) is 0 Å². The normalized spacial score (nSPS) is 13.8. The van der Waals surface area contributed by atoms with Gasteiger partial charge in [0.25, 0.3) is 0 Å². The largest absolute Gasteiger partial charge is 0.304 e. The molecule has 0 bridgehead atoms. The minimum absolute atomic E-state index is 0.879. The van der Waals surface area contributed by atoms with E-state index in [0.717, 1.165) is 5.92 Å². The SMILES string of the molecule is CCCC[C@@H](C)CN(CC)CC. The molecule has 0 aromatic carbocycles. The molecule has 0 radical (unpaired) electrons. The van der Waals surface area contributed by atoms with Gasteiger partial charge in [0, 0.05) is 6.54 Å². The van der Waals surface area contributed by atoms with Crippen molar-refractivity contribution in [3.63, 3.8) is 0 Å². The third kappa shape index (κ3) is 5.59. The standard InChI is InChI=1S/C11H25N/c1-5-8-9-11(4)10-12(6-2)7-3/h11H,5-10H2,1-4H3/t11-/m1/s1. The molecular formula is C11H25N. The van der Waals surface area contributed by atoms with Crippen molar-refractivity contribution < 1.29 is 0 Å². The number of rotatable bonds is 7. The Bertz CT molecular complexity index is 87.0. The van der Waals surface area contributed by atoms with Crippen molar-refractivity contribution in [1.29, 1.82) is 0 Å². The van der Waals surface area contributed by atoms with Crippen LogP contribution in [0.4, 0.5) is 0 Å². The van der Waals surface area contributed by atoms with E-state index in [1.54, 1.807) is 0 Å². The van der Waals surface area contributed by atoms with Crippen molar-refractivity contribution in [2.45, 2.75) is 47.0 Å². The fraction of sp³-hybridized carbons (Fsp3) is 1.00. The van der Waals surface area contributed by atoms with Crippen LogP contribution < -0.4 is 0 Å². The quantitative estimate of drug-likeness (QED) is 0.569. The Morgan fingerprint density at radius 3 is 2.08 bits per heavy atom. The van der Waals surface area contributed by atoms with Crippen LogP contribution in [-0.4, -0.2) is 24.5 Å². The van der Waals surface area contributed by atoms with Crippen molar-refractivity contribution in [3.05, 3.63) is 0 Å². The first kappa shape index (κ1) is 12.0. The summed E-state index contributed by atoms with van der Waals surface area (Å²) in [5.41, 5.74) is 0. The summed E-state index contributed by atoms with van der Waals surface area (Å²) >= 11 is 0. The highest BCUT2D eigenvalue weighted by molar-refractivity contribution is 4.59. The zero-order valence-electron chi connectivity index (χ0n) is 9.27. The van der Waals surface area contributed by atoms with Crippen molar-refractivity contribution >= 4 is 0 Å². The molecule has 0 aliphatic heterocycles. The van der Waals surface area contributed by atoms with E-state index in [-0.39, 0.29) is 0 Å². The van der Waals surface area contributed by atoms with Crippen LogP contribution in [-0.2, 0) is 0 Å². The van der Waals surface area contributed by atoms with E-state index in [0.29, 0.717) is 0 Å². The summed E-state index contributed by atoms with van der Waals surface area (Å²) in [4.78, 5) is 2.51. The second kappa shape index (κ2) is 7.60. The highest BCUT2D eigenvalue weighted by atomic mass is 15.1. The predicted octanol–water partition coefficient (Wildman–Crippen LogP) is 3.15. The molecule has 74 valence electrons. The summed E-state index contributed by atoms with van der Waals surface area (Å²) in [7, 11) is 0. The lowest BCUT2D eigenvalue weighted by Crippen LogP contribution is -2.28. The fourth-order valence-corrected chi connectivity index (χ4v) is 1.57. The summed E-state index contributed by atoms with van der Waals surface area (Å²) < 4.78 is 0. The number of hydrogen-bond donors (Lipinski definition) is 0. The lowest BCUT2D eigenvalue weighted by Gasteiger charge is -2.22. The van der Waals surface area contributed by atoms with Gasteiger partial charge in [-0.2, -0.15) is 0 Å².